The predicted molar refractivity (Wildman–Crippen MR) is 56.5 cm³/mol. The Hall–Kier alpha value is -2.30. The molecule has 5 heteroatoms. The lowest BCUT2D eigenvalue weighted by Crippen LogP contribution is -2.18. The van der Waals surface area contributed by atoms with Crippen LogP contribution in [-0.2, 0) is 0 Å². The van der Waals surface area contributed by atoms with Crippen LogP contribution >= 0.6 is 0 Å². The SMILES string of the molecule is Cc1cc(C(=O)O)c(=O)[nH]c1-c1ccco1. The Labute approximate surface area is 90.3 Å². The number of aromatic carboxylic acids is 1. The van der Waals surface area contributed by atoms with Crippen LogP contribution < -0.4 is 5.56 Å². The van der Waals surface area contributed by atoms with E-state index in [-0.39, 0.29) is 5.56 Å². The quantitative estimate of drug-likeness (QED) is 0.804. The van der Waals surface area contributed by atoms with E-state index in [4.69, 9.17) is 9.52 Å². The van der Waals surface area contributed by atoms with Gasteiger partial charge in [0.25, 0.3) is 5.56 Å². The van der Waals surface area contributed by atoms with E-state index >= 15 is 0 Å². The summed E-state index contributed by atoms with van der Waals surface area (Å²) >= 11 is 0. The van der Waals surface area contributed by atoms with Gasteiger partial charge in [0.1, 0.15) is 11.3 Å². The number of aryl methyl sites for hydroxylation is 1. The normalized spacial score (nSPS) is 10.3. The van der Waals surface area contributed by atoms with Crippen molar-refractivity contribution in [1.82, 2.24) is 4.98 Å². The van der Waals surface area contributed by atoms with Crippen molar-refractivity contribution in [3.8, 4) is 11.5 Å². The van der Waals surface area contributed by atoms with Crippen LogP contribution in [0.3, 0.4) is 0 Å². The van der Waals surface area contributed by atoms with Crippen molar-refractivity contribution in [2.45, 2.75) is 6.92 Å². The van der Waals surface area contributed by atoms with Gasteiger partial charge in [-0.1, -0.05) is 0 Å². The number of furan rings is 1. The van der Waals surface area contributed by atoms with Crippen LogP contribution in [0.15, 0.2) is 33.7 Å². The zero-order valence-corrected chi connectivity index (χ0v) is 8.48. The van der Waals surface area contributed by atoms with E-state index in [1.165, 1.54) is 12.3 Å². The standard InChI is InChI=1S/C11H9NO4/c1-6-5-7(11(14)15)10(13)12-9(6)8-3-2-4-16-8/h2-5H,1H3,(H,12,13)(H,14,15). The third-order valence-corrected chi connectivity index (χ3v) is 2.24. The fourth-order valence-corrected chi connectivity index (χ4v) is 1.47. The highest BCUT2D eigenvalue weighted by atomic mass is 16.4. The fourth-order valence-electron chi connectivity index (χ4n) is 1.47. The van der Waals surface area contributed by atoms with Gasteiger partial charge < -0.3 is 14.5 Å². The summed E-state index contributed by atoms with van der Waals surface area (Å²) in [5.41, 5.74) is 0.240. The highest BCUT2D eigenvalue weighted by Gasteiger charge is 2.13. The van der Waals surface area contributed by atoms with Crippen molar-refractivity contribution in [3.05, 3.63) is 45.9 Å². The molecule has 0 fully saturated rings. The van der Waals surface area contributed by atoms with E-state index < -0.39 is 11.5 Å². The molecule has 2 rings (SSSR count). The number of hydrogen-bond donors (Lipinski definition) is 2. The molecule has 2 heterocycles. The van der Waals surface area contributed by atoms with Gasteiger partial charge >= 0.3 is 5.97 Å². The lowest BCUT2D eigenvalue weighted by Gasteiger charge is -2.03. The number of hydrogen-bond acceptors (Lipinski definition) is 3. The topological polar surface area (TPSA) is 83.3 Å². The molecule has 0 bridgehead atoms. The number of carbonyl (C=O) groups is 1. The van der Waals surface area contributed by atoms with Crippen LogP contribution in [0.1, 0.15) is 15.9 Å². The van der Waals surface area contributed by atoms with Crippen molar-refractivity contribution in [3.63, 3.8) is 0 Å². The molecule has 0 spiro atoms. The van der Waals surface area contributed by atoms with E-state index in [0.717, 1.165) is 0 Å². The minimum absolute atomic E-state index is 0.271. The molecule has 2 aromatic rings. The van der Waals surface area contributed by atoms with E-state index in [0.29, 0.717) is 17.0 Å². The number of aromatic nitrogens is 1. The second-order valence-corrected chi connectivity index (χ2v) is 3.35. The summed E-state index contributed by atoms with van der Waals surface area (Å²) in [6.07, 6.45) is 1.48. The predicted octanol–water partition coefficient (Wildman–Crippen LogP) is 1.64. The maximum absolute atomic E-state index is 11.5. The minimum Gasteiger partial charge on any atom is -0.477 e. The van der Waals surface area contributed by atoms with Crippen LogP contribution in [0.2, 0.25) is 0 Å². The molecular weight excluding hydrogens is 210 g/mol. The Morgan fingerprint density at radius 3 is 2.81 bits per heavy atom. The Bertz CT molecular complexity index is 581. The first-order chi connectivity index (χ1) is 7.59. The number of H-pyrrole nitrogens is 1. The van der Waals surface area contributed by atoms with Crippen LogP contribution in [0, 0.1) is 6.92 Å². The second-order valence-electron chi connectivity index (χ2n) is 3.35. The molecule has 0 saturated carbocycles. The zero-order chi connectivity index (χ0) is 11.7. The molecule has 0 atom stereocenters. The van der Waals surface area contributed by atoms with Crippen molar-refractivity contribution in [2.24, 2.45) is 0 Å². The third kappa shape index (κ3) is 1.63. The largest absolute Gasteiger partial charge is 0.477 e. The number of aromatic amines is 1. The van der Waals surface area contributed by atoms with E-state index in [1.54, 1.807) is 19.1 Å². The van der Waals surface area contributed by atoms with Gasteiger partial charge in [-0.25, -0.2) is 4.79 Å². The van der Waals surface area contributed by atoms with Crippen LogP contribution in [-0.4, -0.2) is 16.1 Å². The van der Waals surface area contributed by atoms with Crippen molar-refractivity contribution in [1.29, 1.82) is 0 Å². The molecular formula is C11H9NO4. The number of nitrogens with one attached hydrogen (secondary N) is 1. The first kappa shape index (κ1) is 10.2. The van der Waals surface area contributed by atoms with Gasteiger partial charge in [-0.05, 0) is 30.7 Å². The van der Waals surface area contributed by atoms with Gasteiger partial charge in [-0.15, -0.1) is 0 Å². The molecule has 0 aliphatic rings. The Kier molecular flexibility index (Phi) is 2.36. The van der Waals surface area contributed by atoms with Crippen LogP contribution in [0.4, 0.5) is 0 Å². The Morgan fingerprint density at radius 2 is 2.25 bits per heavy atom. The third-order valence-electron chi connectivity index (χ3n) is 2.24. The second kappa shape index (κ2) is 3.69. The summed E-state index contributed by atoms with van der Waals surface area (Å²) in [5, 5.41) is 8.77. The van der Waals surface area contributed by atoms with Gasteiger partial charge in [0.15, 0.2) is 0 Å². The van der Waals surface area contributed by atoms with Gasteiger partial charge in [0.2, 0.25) is 0 Å². The first-order valence-electron chi connectivity index (χ1n) is 4.60. The number of carboxylic acid groups (broad SMARTS) is 1. The molecule has 2 N–H and O–H groups in total. The van der Waals surface area contributed by atoms with Gasteiger partial charge in [-0.3, -0.25) is 4.79 Å². The average molecular weight is 219 g/mol. The number of pyridine rings is 1. The van der Waals surface area contributed by atoms with Gasteiger partial charge in [0.05, 0.1) is 12.0 Å². The lowest BCUT2D eigenvalue weighted by molar-refractivity contribution is 0.0695. The maximum atomic E-state index is 11.5. The van der Waals surface area contributed by atoms with Crippen LogP contribution in [0.5, 0.6) is 0 Å². The molecule has 16 heavy (non-hydrogen) atoms. The summed E-state index contributed by atoms with van der Waals surface area (Å²) in [5.74, 6) is -0.734. The molecule has 0 aliphatic heterocycles. The molecule has 0 radical (unpaired) electrons. The monoisotopic (exact) mass is 219 g/mol. The molecule has 0 aromatic carbocycles. The zero-order valence-electron chi connectivity index (χ0n) is 8.48. The summed E-state index contributed by atoms with van der Waals surface area (Å²) in [7, 11) is 0. The van der Waals surface area contributed by atoms with Gasteiger partial charge in [0, 0.05) is 0 Å². The summed E-state index contributed by atoms with van der Waals surface area (Å²) in [6.45, 7) is 1.71. The number of carboxylic acids is 1. The highest BCUT2D eigenvalue weighted by molar-refractivity contribution is 5.87. The lowest BCUT2D eigenvalue weighted by atomic mass is 10.1. The molecule has 0 amide bonds. The average Bonchev–Trinajstić information content (AvgIpc) is 2.73. The molecule has 5 nitrogen and oxygen atoms in total. The van der Waals surface area contributed by atoms with Crippen molar-refractivity contribution in [2.75, 3.05) is 0 Å². The Balaban J connectivity index is 2.64. The van der Waals surface area contributed by atoms with Gasteiger partial charge in [-0.2, -0.15) is 0 Å². The molecule has 82 valence electrons. The fraction of sp³-hybridized carbons (Fsp3) is 0.0909. The van der Waals surface area contributed by atoms with Crippen molar-refractivity contribution < 1.29 is 14.3 Å². The molecule has 0 saturated heterocycles. The molecule has 0 aliphatic carbocycles. The summed E-state index contributed by atoms with van der Waals surface area (Å²) in [6, 6.07) is 4.72. The van der Waals surface area contributed by atoms with Crippen LogP contribution in [0.25, 0.3) is 11.5 Å². The highest BCUT2D eigenvalue weighted by Crippen LogP contribution is 2.20. The Morgan fingerprint density at radius 1 is 1.50 bits per heavy atom. The molecule has 0 unspecified atom stereocenters. The summed E-state index contributed by atoms with van der Waals surface area (Å²) in [4.78, 5) is 24.7. The molecule has 2 aromatic heterocycles. The van der Waals surface area contributed by atoms with Crippen molar-refractivity contribution >= 4 is 5.97 Å². The maximum Gasteiger partial charge on any atom is 0.341 e. The first-order valence-corrected chi connectivity index (χ1v) is 4.60. The smallest absolute Gasteiger partial charge is 0.341 e. The minimum atomic E-state index is -1.24. The van der Waals surface area contributed by atoms with E-state index in [9.17, 15) is 9.59 Å². The van der Waals surface area contributed by atoms with E-state index in [2.05, 4.69) is 4.98 Å². The van der Waals surface area contributed by atoms with E-state index in [1.807, 2.05) is 0 Å². The number of rotatable bonds is 2. The summed E-state index contributed by atoms with van der Waals surface area (Å²) < 4.78 is 5.14.